The highest BCUT2D eigenvalue weighted by Gasteiger charge is 2.17. The number of ether oxygens (including phenoxy) is 1. The zero-order valence-corrected chi connectivity index (χ0v) is 15.4. The van der Waals surface area contributed by atoms with E-state index in [-0.39, 0.29) is 33.8 Å². The number of phenolic OH excluding ortho intramolecular Hbond substituents is 2. The number of rotatable bonds is 4. The van der Waals surface area contributed by atoms with Crippen LogP contribution in [0.1, 0.15) is 19.4 Å². The minimum atomic E-state index is -0.405. The first-order valence-corrected chi connectivity index (χ1v) is 8.40. The molecule has 2 aromatic carbocycles. The van der Waals surface area contributed by atoms with E-state index >= 15 is 0 Å². The third-order valence-electron chi connectivity index (χ3n) is 4.31. The molecule has 1 heterocycles. The first-order chi connectivity index (χ1) is 12.8. The number of methoxy groups -OCH3 is 1. The minimum absolute atomic E-state index is 0.0381. The predicted octanol–water partition coefficient (Wildman–Crippen LogP) is 3.97. The lowest BCUT2D eigenvalue weighted by Gasteiger charge is -2.11. The number of allylic oxidation sites excluding steroid dienone is 2. The van der Waals surface area contributed by atoms with Gasteiger partial charge in [-0.3, -0.25) is 4.79 Å². The Morgan fingerprint density at radius 1 is 1.22 bits per heavy atom. The van der Waals surface area contributed by atoms with E-state index < -0.39 is 5.43 Å². The van der Waals surface area contributed by atoms with E-state index in [1.54, 1.807) is 18.2 Å². The molecule has 0 bridgehead atoms. The standard InChI is InChI=1S/C21H21NO5/c1-11(2)4-6-13-15(23)9-19-20(21(13)25)16(24)10-17(27-19)12-5-7-14(22)18(8-12)26-3/h4-5,7-10,23,25H,6,22H2,1-3H3. The summed E-state index contributed by atoms with van der Waals surface area (Å²) in [5, 5.41) is 20.8. The van der Waals surface area contributed by atoms with Crippen molar-refractivity contribution in [3.05, 3.63) is 57.8 Å². The normalized spacial score (nSPS) is 10.8. The van der Waals surface area contributed by atoms with E-state index in [1.807, 2.05) is 19.9 Å². The molecule has 1 aromatic heterocycles. The van der Waals surface area contributed by atoms with Gasteiger partial charge >= 0.3 is 0 Å². The fourth-order valence-corrected chi connectivity index (χ4v) is 2.84. The summed E-state index contributed by atoms with van der Waals surface area (Å²) in [6.45, 7) is 3.83. The average Bonchev–Trinajstić information content (AvgIpc) is 2.60. The molecule has 0 unspecified atom stereocenters. The van der Waals surface area contributed by atoms with Gasteiger partial charge < -0.3 is 25.1 Å². The molecule has 6 nitrogen and oxygen atoms in total. The van der Waals surface area contributed by atoms with Crippen LogP contribution in [0.2, 0.25) is 0 Å². The van der Waals surface area contributed by atoms with Gasteiger partial charge in [0.1, 0.15) is 34.0 Å². The Morgan fingerprint density at radius 2 is 1.96 bits per heavy atom. The number of fused-ring (bicyclic) bond motifs is 1. The Balaban J connectivity index is 2.20. The van der Waals surface area contributed by atoms with Crippen LogP contribution in [0.4, 0.5) is 5.69 Å². The highest BCUT2D eigenvalue weighted by Crippen LogP contribution is 2.37. The van der Waals surface area contributed by atoms with Crippen molar-refractivity contribution in [1.82, 2.24) is 0 Å². The van der Waals surface area contributed by atoms with Crippen LogP contribution in [0.25, 0.3) is 22.3 Å². The Labute approximate surface area is 156 Å². The van der Waals surface area contributed by atoms with Crippen molar-refractivity contribution in [1.29, 1.82) is 0 Å². The number of anilines is 1. The van der Waals surface area contributed by atoms with Gasteiger partial charge in [-0.2, -0.15) is 0 Å². The molecule has 4 N–H and O–H groups in total. The van der Waals surface area contributed by atoms with Gasteiger partial charge in [0, 0.05) is 23.3 Å². The van der Waals surface area contributed by atoms with Crippen molar-refractivity contribution in [2.75, 3.05) is 12.8 Å². The summed E-state index contributed by atoms with van der Waals surface area (Å²) in [5.74, 6) is 0.338. The molecule has 3 rings (SSSR count). The number of hydrogen-bond acceptors (Lipinski definition) is 6. The van der Waals surface area contributed by atoms with Gasteiger partial charge in [-0.15, -0.1) is 0 Å². The summed E-state index contributed by atoms with van der Waals surface area (Å²) in [7, 11) is 1.50. The van der Waals surface area contributed by atoms with Crippen molar-refractivity contribution in [2.24, 2.45) is 0 Å². The molecule has 6 heteroatoms. The quantitative estimate of drug-likeness (QED) is 0.476. The lowest BCUT2D eigenvalue weighted by Crippen LogP contribution is -2.03. The van der Waals surface area contributed by atoms with E-state index in [4.69, 9.17) is 14.9 Å². The number of hydrogen-bond donors (Lipinski definition) is 3. The number of benzene rings is 2. The van der Waals surface area contributed by atoms with E-state index in [9.17, 15) is 15.0 Å². The molecular weight excluding hydrogens is 346 g/mol. The molecule has 0 fully saturated rings. The van der Waals surface area contributed by atoms with Gasteiger partial charge in [0.2, 0.25) is 0 Å². The van der Waals surface area contributed by atoms with Gasteiger partial charge in [-0.25, -0.2) is 0 Å². The van der Waals surface area contributed by atoms with E-state index in [0.29, 0.717) is 23.4 Å². The van der Waals surface area contributed by atoms with Crippen molar-refractivity contribution in [3.63, 3.8) is 0 Å². The molecule has 0 amide bonds. The third-order valence-corrected chi connectivity index (χ3v) is 4.31. The van der Waals surface area contributed by atoms with Crippen molar-refractivity contribution < 1.29 is 19.4 Å². The van der Waals surface area contributed by atoms with Crippen LogP contribution < -0.4 is 15.9 Å². The third kappa shape index (κ3) is 3.46. The summed E-state index contributed by atoms with van der Waals surface area (Å²) >= 11 is 0. The summed E-state index contributed by atoms with van der Waals surface area (Å²) < 4.78 is 11.0. The molecule has 27 heavy (non-hydrogen) atoms. The van der Waals surface area contributed by atoms with E-state index in [1.165, 1.54) is 19.2 Å². The molecule has 0 radical (unpaired) electrons. The topological polar surface area (TPSA) is 106 Å². The summed E-state index contributed by atoms with van der Waals surface area (Å²) in [6, 6.07) is 7.65. The first-order valence-electron chi connectivity index (χ1n) is 8.40. The van der Waals surface area contributed by atoms with Crippen molar-refractivity contribution in [2.45, 2.75) is 20.3 Å². The van der Waals surface area contributed by atoms with Crippen molar-refractivity contribution in [3.8, 4) is 28.6 Å². The van der Waals surface area contributed by atoms with Crippen LogP contribution in [-0.4, -0.2) is 17.3 Å². The molecule has 0 aliphatic carbocycles. The second kappa shape index (κ2) is 7.07. The smallest absolute Gasteiger partial charge is 0.197 e. The minimum Gasteiger partial charge on any atom is -0.507 e. The Morgan fingerprint density at radius 3 is 2.63 bits per heavy atom. The summed E-state index contributed by atoms with van der Waals surface area (Å²) in [4.78, 5) is 12.6. The molecule has 0 saturated carbocycles. The van der Waals surface area contributed by atoms with Crippen LogP contribution in [0.15, 0.2) is 51.2 Å². The number of nitrogen functional groups attached to an aromatic ring is 1. The van der Waals surface area contributed by atoms with Gasteiger partial charge in [-0.1, -0.05) is 11.6 Å². The number of aromatic hydroxyl groups is 2. The maximum absolute atomic E-state index is 12.6. The molecular formula is C21H21NO5. The highest BCUT2D eigenvalue weighted by molar-refractivity contribution is 5.88. The van der Waals surface area contributed by atoms with Crippen LogP contribution in [0.5, 0.6) is 17.2 Å². The highest BCUT2D eigenvalue weighted by atomic mass is 16.5. The van der Waals surface area contributed by atoms with Crippen LogP contribution in [0, 0.1) is 0 Å². The molecule has 0 aliphatic heterocycles. The van der Waals surface area contributed by atoms with E-state index in [0.717, 1.165) is 5.57 Å². The molecule has 140 valence electrons. The lowest BCUT2D eigenvalue weighted by molar-refractivity contribution is 0.417. The Hall–Kier alpha value is -3.41. The molecule has 0 spiro atoms. The molecule has 0 atom stereocenters. The zero-order chi connectivity index (χ0) is 19.7. The van der Waals surface area contributed by atoms with E-state index in [2.05, 4.69) is 0 Å². The average molecular weight is 367 g/mol. The molecule has 3 aromatic rings. The molecule has 0 saturated heterocycles. The number of nitrogens with two attached hydrogens (primary N) is 1. The first kappa shape index (κ1) is 18.4. The summed E-state index contributed by atoms with van der Waals surface area (Å²) in [5.41, 5.74) is 7.89. The second-order valence-electron chi connectivity index (χ2n) is 6.51. The second-order valence-corrected chi connectivity index (χ2v) is 6.51. The van der Waals surface area contributed by atoms with Crippen LogP contribution in [-0.2, 0) is 6.42 Å². The van der Waals surface area contributed by atoms with Crippen molar-refractivity contribution >= 4 is 16.7 Å². The summed E-state index contributed by atoms with van der Waals surface area (Å²) in [6.07, 6.45) is 2.17. The number of phenols is 2. The Kier molecular flexibility index (Phi) is 4.81. The van der Waals surface area contributed by atoms with Crippen LogP contribution >= 0.6 is 0 Å². The fraction of sp³-hybridized carbons (Fsp3) is 0.190. The lowest BCUT2D eigenvalue weighted by atomic mass is 10.0. The predicted molar refractivity (Wildman–Crippen MR) is 105 cm³/mol. The monoisotopic (exact) mass is 367 g/mol. The van der Waals surface area contributed by atoms with Gasteiger partial charge in [0.25, 0.3) is 0 Å². The zero-order valence-electron chi connectivity index (χ0n) is 15.4. The van der Waals surface area contributed by atoms with Gasteiger partial charge in [0.05, 0.1) is 12.8 Å². The fourth-order valence-electron chi connectivity index (χ4n) is 2.84. The SMILES string of the molecule is COc1cc(-c2cc(=O)c3c(O)c(CC=C(C)C)c(O)cc3o2)ccc1N. The maximum atomic E-state index is 12.6. The largest absolute Gasteiger partial charge is 0.507 e. The van der Waals surface area contributed by atoms with Gasteiger partial charge in [0.15, 0.2) is 5.43 Å². The molecule has 0 aliphatic rings. The van der Waals surface area contributed by atoms with Crippen LogP contribution in [0.3, 0.4) is 0 Å². The maximum Gasteiger partial charge on any atom is 0.197 e. The Bertz CT molecular complexity index is 1110. The van der Waals surface area contributed by atoms with Gasteiger partial charge in [-0.05, 0) is 38.5 Å².